The van der Waals surface area contributed by atoms with Crippen molar-refractivity contribution in [3.8, 4) is 0 Å². The second-order valence-electron chi connectivity index (χ2n) is 10.3. The summed E-state index contributed by atoms with van der Waals surface area (Å²) in [5, 5.41) is 13.6. The standard InChI is InChI=1S/C32H36N6O3/c1-2-3-4-8-19-41-32(40)36-30(33)24-13-11-23(12-14-24)21-37-17-18-38-28-16-15-25(20-27(28)35-29(38)22-37)31(39)34-26-9-6-5-7-10-26/h5-7,9-16,20H,2-4,8,17-19,21-22H2,1H3,(H,34,39)(H2,33,36,40). The molecule has 9 nitrogen and oxygen atoms in total. The Labute approximate surface area is 240 Å². The van der Waals surface area contributed by atoms with E-state index in [1.54, 1.807) is 0 Å². The molecule has 0 saturated carbocycles. The number of unbranched alkanes of at least 4 members (excludes halogenated alkanes) is 3. The van der Waals surface area contributed by atoms with Crippen LogP contribution in [0.4, 0.5) is 10.5 Å². The highest BCUT2D eigenvalue weighted by atomic mass is 16.5. The van der Waals surface area contributed by atoms with E-state index < -0.39 is 6.09 Å². The van der Waals surface area contributed by atoms with Gasteiger partial charge in [0.25, 0.3) is 5.91 Å². The zero-order valence-electron chi connectivity index (χ0n) is 23.4. The zero-order valence-corrected chi connectivity index (χ0v) is 23.4. The molecule has 2 heterocycles. The third-order valence-corrected chi connectivity index (χ3v) is 7.23. The number of fused-ring (bicyclic) bond motifs is 3. The summed E-state index contributed by atoms with van der Waals surface area (Å²) in [5.74, 6) is 0.845. The Hall–Kier alpha value is -4.50. The number of hydrogen-bond acceptors (Lipinski definition) is 6. The summed E-state index contributed by atoms with van der Waals surface area (Å²) < 4.78 is 7.40. The lowest BCUT2D eigenvalue weighted by atomic mass is 10.1. The second kappa shape index (κ2) is 13.2. The number of benzene rings is 3. The van der Waals surface area contributed by atoms with Crippen molar-refractivity contribution in [1.29, 1.82) is 5.41 Å². The number of hydrogen-bond donors (Lipinski definition) is 3. The van der Waals surface area contributed by atoms with Gasteiger partial charge in [-0.25, -0.2) is 9.78 Å². The number of alkyl carbamates (subject to hydrolysis) is 1. The van der Waals surface area contributed by atoms with Gasteiger partial charge in [-0.1, -0.05) is 68.7 Å². The van der Waals surface area contributed by atoms with Gasteiger partial charge in [0.1, 0.15) is 11.7 Å². The maximum Gasteiger partial charge on any atom is 0.412 e. The fourth-order valence-electron chi connectivity index (χ4n) is 5.01. The molecule has 1 aromatic heterocycles. The molecule has 5 rings (SSSR count). The van der Waals surface area contributed by atoms with Crippen LogP contribution in [-0.4, -0.2) is 45.4 Å². The van der Waals surface area contributed by atoms with Gasteiger partial charge in [-0.15, -0.1) is 0 Å². The Balaban J connectivity index is 1.15. The van der Waals surface area contributed by atoms with E-state index >= 15 is 0 Å². The number of rotatable bonds is 10. The molecule has 2 amide bonds. The molecular weight excluding hydrogens is 516 g/mol. The molecule has 0 bridgehead atoms. The Kier molecular flexibility index (Phi) is 9.05. The number of para-hydroxylation sites is 1. The van der Waals surface area contributed by atoms with Crippen molar-refractivity contribution in [3.05, 3.63) is 95.3 Å². The number of ether oxygens (including phenoxy) is 1. The lowest BCUT2D eigenvalue weighted by Crippen LogP contribution is -2.33. The molecule has 3 aromatic carbocycles. The van der Waals surface area contributed by atoms with Crippen LogP contribution in [0.3, 0.4) is 0 Å². The number of nitrogens with zero attached hydrogens (tertiary/aromatic N) is 3. The zero-order chi connectivity index (χ0) is 28.6. The number of anilines is 1. The smallest absolute Gasteiger partial charge is 0.412 e. The minimum atomic E-state index is -0.587. The number of carbonyl (C=O) groups is 2. The SMILES string of the molecule is CCCCCCOC(=O)NC(=N)c1ccc(CN2CCn3c(nc4cc(C(=O)Nc5ccccc5)ccc43)C2)cc1. The first kappa shape index (κ1) is 28.0. The monoisotopic (exact) mass is 552 g/mol. The molecule has 0 unspecified atom stereocenters. The largest absolute Gasteiger partial charge is 0.449 e. The highest BCUT2D eigenvalue weighted by molar-refractivity contribution is 6.06. The van der Waals surface area contributed by atoms with Gasteiger partial charge in [-0.3, -0.25) is 20.4 Å². The van der Waals surface area contributed by atoms with Gasteiger partial charge in [0.05, 0.1) is 24.2 Å². The van der Waals surface area contributed by atoms with E-state index in [4.69, 9.17) is 15.1 Å². The minimum Gasteiger partial charge on any atom is -0.449 e. The number of carbonyl (C=O) groups excluding carboxylic acids is 2. The molecule has 1 aliphatic heterocycles. The first-order chi connectivity index (χ1) is 20.0. The molecule has 0 radical (unpaired) electrons. The van der Waals surface area contributed by atoms with Crippen molar-refractivity contribution in [2.75, 3.05) is 18.5 Å². The molecule has 4 aromatic rings. The predicted molar refractivity (Wildman–Crippen MR) is 160 cm³/mol. The third-order valence-electron chi connectivity index (χ3n) is 7.23. The van der Waals surface area contributed by atoms with Gasteiger partial charge in [0, 0.05) is 36.4 Å². The Morgan fingerprint density at radius 1 is 0.951 bits per heavy atom. The molecule has 1 aliphatic rings. The third kappa shape index (κ3) is 7.18. The Bertz CT molecular complexity index is 1510. The van der Waals surface area contributed by atoms with Crippen LogP contribution >= 0.6 is 0 Å². The quantitative estimate of drug-likeness (QED) is 0.128. The Morgan fingerprint density at radius 3 is 2.51 bits per heavy atom. The highest BCUT2D eigenvalue weighted by Gasteiger charge is 2.21. The van der Waals surface area contributed by atoms with Crippen LogP contribution in [-0.2, 0) is 24.4 Å². The van der Waals surface area contributed by atoms with E-state index in [9.17, 15) is 9.59 Å². The van der Waals surface area contributed by atoms with Crippen LogP contribution in [0.5, 0.6) is 0 Å². The van der Waals surface area contributed by atoms with E-state index in [-0.39, 0.29) is 11.7 Å². The summed E-state index contributed by atoms with van der Waals surface area (Å²) in [5.41, 5.74) is 4.93. The number of nitrogens with one attached hydrogen (secondary N) is 3. The topological polar surface area (TPSA) is 112 Å². The summed E-state index contributed by atoms with van der Waals surface area (Å²) in [4.78, 5) is 31.9. The molecule has 0 aliphatic carbocycles. The van der Waals surface area contributed by atoms with Gasteiger partial charge in [-0.2, -0.15) is 0 Å². The van der Waals surface area contributed by atoms with Gasteiger partial charge < -0.3 is 14.6 Å². The molecule has 0 spiro atoms. The average molecular weight is 553 g/mol. The number of amidine groups is 1. The van der Waals surface area contributed by atoms with Crippen LogP contribution in [0.15, 0.2) is 72.8 Å². The van der Waals surface area contributed by atoms with Crippen LogP contribution < -0.4 is 10.6 Å². The molecule has 0 fully saturated rings. The van der Waals surface area contributed by atoms with E-state index in [1.165, 1.54) is 0 Å². The molecule has 212 valence electrons. The molecular formula is C32H36N6O3. The van der Waals surface area contributed by atoms with Gasteiger partial charge in [0.15, 0.2) is 0 Å². The maximum absolute atomic E-state index is 12.8. The van der Waals surface area contributed by atoms with Gasteiger partial charge in [-0.05, 0) is 42.3 Å². The van der Waals surface area contributed by atoms with Crippen molar-refractivity contribution in [3.63, 3.8) is 0 Å². The summed E-state index contributed by atoms with van der Waals surface area (Å²) in [6.07, 6.45) is 3.54. The summed E-state index contributed by atoms with van der Waals surface area (Å²) in [6, 6.07) is 22.8. The molecule has 0 saturated heterocycles. The maximum atomic E-state index is 12.8. The van der Waals surface area contributed by atoms with Crippen LogP contribution in [0.2, 0.25) is 0 Å². The van der Waals surface area contributed by atoms with E-state index in [1.807, 2.05) is 72.8 Å². The molecule has 41 heavy (non-hydrogen) atoms. The summed E-state index contributed by atoms with van der Waals surface area (Å²) >= 11 is 0. The Morgan fingerprint density at radius 2 is 1.73 bits per heavy atom. The van der Waals surface area contributed by atoms with E-state index in [2.05, 4.69) is 27.0 Å². The van der Waals surface area contributed by atoms with Gasteiger partial charge >= 0.3 is 6.09 Å². The molecule has 9 heteroatoms. The summed E-state index contributed by atoms with van der Waals surface area (Å²) in [6.45, 7) is 5.63. The fraction of sp³-hybridized carbons (Fsp3) is 0.312. The van der Waals surface area contributed by atoms with E-state index in [0.717, 1.165) is 73.4 Å². The van der Waals surface area contributed by atoms with Crippen molar-refractivity contribution in [2.24, 2.45) is 0 Å². The lowest BCUT2D eigenvalue weighted by molar-refractivity contribution is 0.102. The van der Waals surface area contributed by atoms with Crippen molar-refractivity contribution >= 4 is 34.6 Å². The van der Waals surface area contributed by atoms with Crippen LogP contribution in [0.25, 0.3) is 11.0 Å². The van der Waals surface area contributed by atoms with Crippen LogP contribution in [0.1, 0.15) is 59.9 Å². The first-order valence-corrected chi connectivity index (χ1v) is 14.2. The second-order valence-corrected chi connectivity index (χ2v) is 10.3. The average Bonchev–Trinajstić information content (AvgIpc) is 3.35. The fourth-order valence-corrected chi connectivity index (χ4v) is 5.01. The summed E-state index contributed by atoms with van der Waals surface area (Å²) in [7, 11) is 0. The number of aromatic nitrogens is 2. The van der Waals surface area contributed by atoms with Crippen molar-refractivity contribution < 1.29 is 14.3 Å². The minimum absolute atomic E-state index is 0.0265. The molecule has 0 atom stereocenters. The predicted octanol–water partition coefficient (Wildman–Crippen LogP) is 5.94. The normalized spacial score (nSPS) is 13.0. The first-order valence-electron chi connectivity index (χ1n) is 14.2. The van der Waals surface area contributed by atoms with Crippen molar-refractivity contribution in [1.82, 2.24) is 19.8 Å². The van der Waals surface area contributed by atoms with Gasteiger partial charge in [0.2, 0.25) is 0 Å². The number of imidazole rings is 1. The molecule has 3 N–H and O–H groups in total. The number of amides is 2. The van der Waals surface area contributed by atoms with Crippen molar-refractivity contribution in [2.45, 2.75) is 52.2 Å². The highest BCUT2D eigenvalue weighted by Crippen LogP contribution is 2.24. The van der Waals surface area contributed by atoms with E-state index in [0.29, 0.717) is 24.3 Å². The van der Waals surface area contributed by atoms with Crippen LogP contribution in [0, 0.1) is 5.41 Å². The lowest BCUT2D eigenvalue weighted by Gasteiger charge is -2.28.